The van der Waals surface area contributed by atoms with Crippen LogP contribution in [0.4, 0.5) is 5.69 Å². The Labute approximate surface area is 186 Å². The number of fused-ring (bicyclic) bond motifs is 1. The van der Waals surface area contributed by atoms with Gasteiger partial charge in [0.25, 0.3) is 5.56 Å². The van der Waals surface area contributed by atoms with Gasteiger partial charge in [0.05, 0.1) is 11.7 Å². The number of carbonyl (C=O) groups is 1. The highest BCUT2D eigenvalue weighted by molar-refractivity contribution is 7.17. The number of aromatic nitrogens is 2. The van der Waals surface area contributed by atoms with Crippen LogP contribution in [-0.4, -0.2) is 15.5 Å². The van der Waals surface area contributed by atoms with Crippen LogP contribution >= 0.6 is 34.5 Å². The molecule has 2 aromatic heterocycles. The number of thiophene rings is 1. The number of rotatable bonds is 5. The van der Waals surface area contributed by atoms with E-state index in [1.54, 1.807) is 18.2 Å². The number of hydrogen-bond acceptors (Lipinski definition) is 4. The topological polar surface area (TPSA) is 64.0 Å². The van der Waals surface area contributed by atoms with Crippen molar-refractivity contribution in [2.45, 2.75) is 19.9 Å². The lowest BCUT2D eigenvalue weighted by Gasteiger charge is -2.09. The van der Waals surface area contributed by atoms with Crippen molar-refractivity contribution in [3.63, 3.8) is 0 Å². The van der Waals surface area contributed by atoms with Gasteiger partial charge in [0, 0.05) is 26.7 Å². The summed E-state index contributed by atoms with van der Waals surface area (Å²) in [6.45, 7) is 1.93. The Morgan fingerprint density at radius 3 is 2.50 bits per heavy atom. The summed E-state index contributed by atoms with van der Waals surface area (Å²) in [4.78, 5) is 30.6. The second-order valence-electron chi connectivity index (χ2n) is 6.76. The van der Waals surface area contributed by atoms with E-state index >= 15 is 0 Å². The van der Waals surface area contributed by atoms with Crippen LogP contribution in [0.25, 0.3) is 21.3 Å². The van der Waals surface area contributed by atoms with E-state index in [0.29, 0.717) is 25.9 Å². The summed E-state index contributed by atoms with van der Waals surface area (Å²) in [5.41, 5.74) is 3.22. The molecule has 0 atom stereocenters. The predicted molar refractivity (Wildman–Crippen MR) is 124 cm³/mol. The van der Waals surface area contributed by atoms with Gasteiger partial charge in [-0.3, -0.25) is 14.2 Å². The van der Waals surface area contributed by atoms with Crippen molar-refractivity contribution >= 4 is 56.3 Å². The summed E-state index contributed by atoms with van der Waals surface area (Å²) in [7, 11) is 0. The van der Waals surface area contributed by atoms with E-state index in [1.807, 2.05) is 17.5 Å². The van der Waals surface area contributed by atoms with Crippen LogP contribution in [0.15, 0.2) is 59.0 Å². The molecule has 0 saturated heterocycles. The van der Waals surface area contributed by atoms with Crippen LogP contribution in [-0.2, 0) is 17.8 Å². The number of carbonyl (C=O) groups excluding carboxylic acids is 1. The lowest BCUT2D eigenvalue weighted by atomic mass is 10.0. The second kappa shape index (κ2) is 8.60. The minimum atomic E-state index is -0.374. The predicted octanol–water partition coefficient (Wildman–Crippen LogP) is 5.63. The average Bonchev–Trinajstić information content (AvgIpc) is 3.14. The maximum absolute atomic E-state index is 13.1. The highest BCUT2D eigenvalue weighted by atomic mass is 35.5. The van der Waals surface area contributed by atoms with Gasteiger partial charge in [0.2, 0.25) is 5.91 Å². The first-order valence-corrected chi connectivity index (χ1v) is 10.9. The minimum absolute atomic E-state index is 0.171. The van der Waals surface area contributed by atoms with Crippen molar-refractivity contribution in [2.75, 3.05) is 5.32 Å². The number of amides is 1. The van der Waals surface area contributed by atoms with Gasteiger partial charge in [-0.05, 0) is 35.7 Å². The Kier molecular flexibility index (Phi) is 5.90. The number of anilines is 1. The van der Waals surface area contributed by atoms with Gasteiger partial charge >= 0.3 is 0 Å². The van der Waals surface area contributed by atoms with Gasteiger partial charge in [-0.1, -0.05) is 54.4 Å². The normalized spacial score (nSPS) is 11.0. The zero-order chi connectivity index (χ0) is 21.3. The molecular weight excluding hydrogens is 441 g/mol. The van der Waals surface area contributed by atoms with Crippen LogP contribution < -0.4 is 10.9 Å². The number of hydrogen-bond donors (Lipinski definition) is 1. The van der Waals surface area contributed by atoms with Crippen molar-refractivity contribution in [1.82, 2.24) is 9.55 Å². The van der Waals surface area contributed by atoms with Crippen molar-refractivity contribution in [3.05, 3.63) is 80.1 Å². The Morgan fingerprint density at radius 2 is 1.83 bits per heavy atom. The number of nitrogens with one attached hydrogen (secondary N) is 1. The molecular formula is C22H17Cl2N3O2S. The van der Waals surface area contributed by atoms with Gasteiger partial charge < -0.3 is 5.32 Å². The molecule has 0 bridgehead atoms. The molecule has 0 unspecified atom stereocenters. The number of benzene rings is 2. The molecule has 0 saturated carbocycles. The first-order chi connectivity index (χ1) is 14.4. The van der Waals surface area contributed by atoms with Crippen LogP contribution in [0.1, 0.15) is 12.5 Å². The molecule has 0 spiro atoms. The number of aryl methyl sites for hydroxylation is 1. The third-order valence-corrected chi connectivity index (χ3v) is 6.02. The summed E-state index contributed by atoms with van der Waals surface area (Å²) < 4.78 is 1.31. The molecule has 30 heavy (non-hydrogen) atoms. The maximum Gasteiger partial charge on any atom is 0.263 e. The zero-order valence-corrected chi connectivity index (χ0v) is 18.3. The SMILES string of the molecule is CCc1ccc(-c2csc3ncn(CC(=O)Nc4cc(Cl)cc(Cl)c4)c(=O)c23)cc1. The van der Waals surface area contributed by atoms with E-state index in [0.717, 1.165) is 17.5 Å². The van der Waals surface area contributed by atoms with E-state index in [4.69, 9.17) is 23.2 Å². The third kappa shape index (κ3) is 4.26. The molecule has 5 nitrogen and oxygen atoms in total. The minimum Gasteiger partial charge on any atom is -0.324 e. The molecule has 8 heteroatoms. The lowest BCUT2D eigenvalue weighted by Crippen LogP contribution is -2.27. The van der Waals surface area contributed by atoms with Crippen LogP contribution in [0, 0.1) is 0 Å². The molecule has 0 aliphatic heterocycles. The van der Waals surface area contributed by atoms with Gasteiger partial charge in [-0.15, -0.1) is 11.3 Å². The zero-order valence-electron chi connectivity index (χ0n) is 16.0. The fourth-order valence-electron chi connectivity index (χ4n) is 3.19. The van der Waals surface area contributed by atoms with E-state index in [-0.39, 0.29) is 18.0 Å². The van der Waals surface area contributed by atoms with Gasteiger partial charge in [-0.25, -0.2) is 4.98 Å². The summed E-state index contributed by atoms with van der Waals surface area (Å²) >= 11 is 13.3. The summed E-state index contributed by atoms with van der Waals surface area (Å²) in [5, 5.41) is 5.98. The lowest BCUT2D eigenvalue weighted by molar-refractivity contribution is -0.116. The standard InChI is InChI=1S/C22H17Cl2N3O2S/c1-2-13-3-5-14(6-4-13)18-11-30-21-20(18)22(29)27(12-25-21)10-19(28)26-17-8-15(23)7-16(24)9-17/h3-9,11-12H,2,10H2,1H3,(H,26,28). The fourth-order valence-corrected chi connectivity index (χ4v) is 4.63. The van der Waals surface area contributed by atoms with Crippen LogP contribution in [0.2, 0.25) is 10.0 Å². The third-order valence-electron chi connectivity index (χ3n) is 4.69. The average molecular weight is 458 g/mol. The number of halogens is 2. The molecule has 1 amide bonds. The van der Waals surface area contributed by atoms with E-state index < -0.39 is 0 Å². The van der Waals surface area contributed by atoms with Gasteiger partial charge in [-0.2, -0.15) is 0 Å². The van der Waals surface area contributed by atoms with Crippen LogP contribution in [0.5, 0.6) is 0 Å². The van der Waals surface area contributed by atoms with Crippen molar-refractivity contribution in [2.24, 2.45) is 0 Å². The monoisotopic (exact) mass is 457 g/mol. The highest BCUT2D eigenvalue weighted by Gasteiger charge is 2.15. The quantitative estimate of drug-likeness (QED) is 0.422. The Hall–Kier alpha value is -2.67. The molecule has 1 N–H and O–H groups in total. The highest BCUT2D eigenvalue weighted by Crippen LogP contribution is 2.30. The summed E-state index contributed by atoms with van der Waals surface area (Å²) in [5.74, 6) is -0.374. The van der Waals surface area contributed by atoms with E-state index in [2.05, 4.69) is 29.4 Å². The smallest absolute Gasteiger partial charge is 0.263 e. The molecule has 0 aliphatic rings. The molecule has 152 valence electrons. The molecule has 0 aliphatic carbocycles. The first kappa shape index (κ1) is 20.6. The Bertz CT molecular complexity index is 1280. The van der Waals surface area contributed by atoms with Crippen LogP contribution in [0.3, 0.4) is 0 Å². The van der Waals surface area contributed by atoms with Gasteiger partial charge in [0.1, 0.15) is 11.4 Å². The molecule has 0 radical (unpaired) electrons. The molecule has 4 rings (SSSR count). The second-order valence-corrected chi connectivity index (χ2v) is 8.49. The van der Waals surface area contributed by atoms with Crippen molar-refractivity contribution < 1.29 is 4.79 Å². The number of nitrogens with zero attached hydrogens (tertiary/aromatic N) is 2. The van der Waals surface area contributed by atoms with Crippen molar-refractivity contribution in [1.29, 1.82) is 0 Å². The summed E-state index contributed by atoms with van der Waals surface area (Å²) in [6, 6.07) is 12.9. The van der Waals surface area contributed by atoms with Crippen molar-refractivity contribution in [3.8, 4) is 11.1 Å². The van der Waals surface area contributed by atoms with E-state index in [1.165, 1.54) is 27.8 Å². The fraction of sp³-hybridized carbons (Fsp3) is 0.136. The Morgan fingerprint density at radius 1 is 1.13 bits per heavy atom. The molecule has 2 aromatic carbocycles. The molecule has 2 heterocycles. The largest absolute Gasteiger partial charge is 0.324 e. The Balaban J connectivity index is 1.64. The first-order valence-electron chi connectivity index (χ1n) is 9.26. The van der Waals surface area contributed by atoms with Gasteiger partial charge in [0.15, 0.2) is 0 Å². The van der Waals surface area contributed by atoms with E-state index in [9.17, 15) is 9.59 Å². The maximum atomic E-state index is 13.1. The molecule has 4 aromatic rings. The molecule has 0 fully saturated rings. The summed E-state index contributed by atoms with van der Waals surface area (Å²) in [6.07, 6.45) is 2.35.